The second-order valence-corrected chi connectivity index (χ2v) is 4.17. The number of nitrogens with zero attached hydrogens (tertiary/aromatic N) is 2. The minimum Gasteiger partial charge on any atom is -0.349 e. The van der Waals surface area contributed by atoms with E-state index in [2.05, 4.69) is 0 Å². The third-order valence-corrected chi connectivity index (χ3v) is 1.85. The summed E-state index contributed by atoms with van der Waals surface area (Å²) < 4.78 is 0. The van der Waals surface area contributed by atoms with E-state index in [1.165, 1.54) is 0 Å². The predicted octanol–water partition coefficient (Wildman–Crippen LogP) is 5.22. The Hall–Kier alpha value is -0.900. The van der Waals surface area contributed by atoms with Gasteiger partial charge in [-0.3, -0.25) is 9.59 Å². The molecule has 0 radical (unpaired) electrons. The summed E-state index contributed by atoms with van der Waals surface area (Å²) in [5.74, 6) is 0.516. The number of hydrogen-bond acceptors (Lipinski definition) is 3. The van der Waals surface area contributed by atoms with Gasteiger partial charge in [-0.15, -0.1) is 0 Å². The summed E-state index contributed by atoms with van der Waals surface area (Å²) in [7, 11) is 7.34. The fraction of sp³-hybridized carbons (Fsp3) is 0.889. The van der Waals surface area contributed by atoms with Gasteiger partial charge in [-0.1, -0.05) is 58.4 Å². The lowest BCUT2D eigenvalue weighted by Gasteiger charge is -2.07. The maximum absolute atomic E-state index is 10.7. The molecule has 0 rings (SSSR count). The van der Waals surface area contributed by atoms with Crippen LogP contribution in [0.1, 0.15) is 77.7 Å². The molecule has 4 nitrogen and oxygen atoms in total. The Morgan fingerprint density at radius 3 is 1.23 bits per heavy atom. The maximum atomic E-state index is 10.7. The summed E-state index contributed by atoms with van der Waals surface area (Å²) in [5, 5.41) is 0. The lowest BCUT2D eigenvalue weighted by atomic mass is 10.3. The van der Waals surface area contributed by atoms with Gasteiger partial charge in [-0.05, 0) is 20.5 Å². The highest BCUT2D eigenvalue weighted by atomic mass is 16.2. The fourth-order valence-corrected chi connectivity index (χ4v) is 0.902. The van der Waals surface area contributed by atoms with Crippen LogP contribution in [0.2, 0.25) is 0 Å². The first-order chi connectivity index (χ1) is 7.34. The van der Waals surface area contributed by atoms with Crippen molar-refractivity contribution in [1.82, 2.24) is 9.80 Å². The molecule has 1 amide bonds. The Kier molecular flexibility index (Phi) is 72.6. The van der Waals surface area contributed by atoms with Crippen molar-refractivity contribution in [1.29, 1.82) is 0 Å². The Balaban J connectivity index is -0.0000000233. The zero-order chi connectivity index (χ0) is 13.1. The molecular formula is C18H50N2O2. The molecule has 0 aliphatic heterocycles. The van der Waals surface area contributed by atoms with Crippen LogP contribution >= 0.6 is 0 Å². The number of ketones is 1. The van der Waals surface area contributed by atoms with Crippen molar-refractivity contribution >= 4 is 11.7 Å². The molecule has 0 saturated carbocycles. The van der Waals surface area contributed by atoms with Crippen molar-refractivity contribution in [2.75, 3.05) is 34.7 Å². The molecule has 0 aromatic carbocycles. The Morgan fingerprint density at radius 2 is 1.14 bits per heavy atom. The summed E-state index contributed by atoms with van der Waals surface area (Å²) in [6.45, 7) is 4.46. The molecule has 0 fully saturated rings. The van der Waals surface area contributed by atoms with Crippen LogP contribution in [0.15, 0.2) is 0 Å². The number of rotatable bonds is 5. The van der Waals surface area contributed by atoms with Crippen LogP contribution in [0.25, 0.3) is 0 Å². The van der Waals surface area contributed by atoms with Gasteiger partial charge in [-0.25, -0.2) is 0 Å². The highest BCUT2D eigenvalue weighted by Crippen LogP contribution is 1.89. The van der Waals surface area contributed by atoms with Crippen LogP contribution in [0.4, 0.5) is 0 Å². The van der Waals surface area contributed by atoms with Crippen molar-refractivity contribution in [3.05, 3.63) is 0 Å². The van der Waals surface area contributed by atoms with E-state index in [-0.39, 0.29) is 50.5 Å². The number of Topliss-reactive ketones (excluding diaryl/α,β-unsaturated/α-hetero) is 1. The lowest BCUT2D eigenvalue weighted by molar-refractivity contribution is -0.128. The minimum atomic E-state index is 0. The fourth-order valence-electron chi connectivity index (χ4n) is 0.902. The molecule has 144 valence electrons. The van der Waals surface area contributed by atoms with Crippen LogP contribution in [0.5, 0.6) is 0 Å². The summed E-state index contributed by atoms with van der Waals surface area (Å²) in [6.07, 6.45) is 2.27. The van der Waals surface area contributed by atoms with Crippen molar-refractivity contribution in [2.24, 2.45) is 0 Å². The smallest absolute Gasteiger partial charge is 0.222 e. The first-order valence-corrected chi connectivity index (χ1v) is 5.71. The van der Waals surface area contributed by atoms with Crippen LogP contribution < -0.4 is 0 Å². The Morgan fingerprint density at radius 1 is 0.773 bits per heavy atom. The number of likely N-dealkylation sites (N-methyl/N-ethyl adjacent to an activating group) is 1. The van der Waals surface area contributed by atoms with Crippen LogP contribution in [-0.2, 0) is 9.59 Å². The molecule has 0 atom stereocenters. The first kappa shape index (κ1) is 49.7. The largest absolute Gasteiger partial charge is 0.349 e. The number of hydrogen-bond donors (Lipinski definition) is 0. The van der Waals surface area contributed by atoms with Crippen molar-refractivity contribution in [3.63, 3.8) is 0 Å². The van der Waals surface area contributed by atoms with Gasteiger partial charge in [0.05, 0.1) is 6.54 Å². The van der Waals surface area contributed by atoms with Crippen molar-refractivity contribution in [2.45, 2.75) is 77.7 Å². The van der Waals surface area contributed by atoms with Gasteiger partial charge in [0.1, 0.15) is 5.78 Å². The van der Waals surface area contributed by atoms with E-state index in [1.54, 1.807) is 19.0 Å². The molecule has 4 heteroatoms. The van der Waals surface area contributed by atoms with Crippen LogP contribution in [0.3, 0.4) is 0 Å². The number of carbonyl (C=O) groups is 2. The van der Waals surface area contributed by atoms with Gasteiger partial charge in [0.2, 0.25) is 5.91 Å². The van der Waals surface area contributed by atoms with Gasteiger partial charge >= 0.3 is 0 Å². The van der Waals surface area contributed by atoms with Gasteiger partial charge < -0.3 is 9.80 Å². The first-order valence-electron chi connectivity index (χ1n) is 5.71. The van der Waals surface area contributed by atoms with E-state index in [9.17, 15) is 9.59 Å². The standard InChI is InChI=1S/2C6H13NO.6CH4/c1-4-6(8)5-7(2)3;1-4-5-6(8)7(2)3;;;;;;/h2*4-5H2,1-3H3;6*1H4. The molecule has 0 unspecified atom stereocenters. The molecule has 0 heterocycles. The molecule has 0 aromatic heterocycles. The predicted molar refractivity (Wildman–Crippen MR) is 108 cm³/mol. The average molecular weight is 327 g/mol. The maximum Gasteiger partial charge on any atom is 0.222 e. The van der Waals surface area contributed by atoms with E-state index >= 15 is 0 Å². The van der Waals surface area contributed by atoms with E-state index in [0.29, 0.717) is 25.2 Å². The molecule has 0 aromatic rings. The van der Waals surface area contributed by atoms with Gasteiger partial charge in [0.15, 0.2) is 0 Å². The normalized spacial score (nSPS) is 6.86. The van der Waals surface area contributed by atoms with Crippen molar-refractivity contribution < 1.29 is 9.59 Å². The third kappa shape index (κ3) is 42.7. The summed E-state index contributed by atoms with van der Waals surface area (Å²) in [5.41, 5.74) is 0. The summed E-state index contributed by atoms with van der Waals surface area (Å²) >= 11 is 0. The van der Waals surface area contributed by atoms with Gasteiger partial charge in [0.25, 0.3) is 0 Å². The van der Waals surface area contributed by atoms with Crippen LogP contribution in [-0.4, -0.2) is 56.2 Å². The monoisotopic (exact) mass is 326 g/mol. The molecule has 0 N–H and O–H groups in total. The second kappa shape index (κ2) is 32.2. The minimum absolute atomic E-state index is 0. The molecule has 0 aliphatic carbocycles. The topological polar surface area (TPSA) is 40.6 Å². The number of amides is 1. The Labute approximate surface area is 144 Å². The van der Waals surface area contributed by atoms with E-state index < -0.39 is 0 Å². The van der Waals surface area contributed by atoms with Gasteiger partial charge in [0, 0.05) is 26.9 Å². The number of carbonyl (C=O) groups excluding carboxylic acids is 2. The molecule has 0 spiro atoms. The molecule has 0 aliphatic rings. The summed E-state index contributed by atoms with van der Waals surface area (Å²) in [4.78, 5) is 24.7. The highest BCUT2D eigenvalue weighted by Gasteiger charge is 1.98. The van der Waals surface area contributed by atoms with Crippen molar-refractivity contribution in [3.8, 4) is 0 Å². The second-order valence-electron chi connectivity index (χ2n) is 4.17. The van der Waals surface area contributed by atoms with Crippen LogP contribution in [0, 0.1) is 0 Å². The van der Waals surface area contributed by atoms with E-state index in [1.807, 2.05) is 32.8 Å². The molecular weight excluding hydrogens is 276 g/mol. The SMILES string of the molecule is C.C.C.C.C.C.CCC(=O)CN(C)C.CCCC(=O)N(C)C. The highest BCUT2D eigenvalue weighted by molar-refractivity contribution is 5.79. The average Bonchev–Trinajstić information content (AvgIpc) is 2.18. The van der Waals surface area contributed by atoms with Gasteiger partial charge in [-0.2, -0.15) is 0 Å². The Bertz CT molecular complexity index is 203. The van der Waals surface area contributed by atoms with E-state index in [4.69, 9.17) is 0 Å². The zero-order valence-corrected chi connectivity index (χ0v) is 11.5. The lowest BCUT2D eigenvalue weighted by Crippen LogP contribution is -2.20. The molecule has 0 saturated heterocycles. The molecule has 0 bridgehead atoms. The molecule has 22 heavy (non-hydrogen) atoms. The van der Waals surface area contributed by atoms with E-state index in [0.717, 1.165) is 6.42 Å². The third-order valence-electron chi connectivity index (χ3n) is 1.85. The summed E-state index contributed by atoms with van der Waals surface area (Å²) in [6, 6.07) is 0. The quantitative estimate of drug-likeness (QED) is 0.695. The zero-order valence-electron chi connectivity index (χ0n) is 11.5.